The summed E-state index contributed by atoms with van der Waals surface area (Å²) < 4.78 is 17.3. The van der Waals surface area contributed by atoms with Gasteiger partial charge in [0.05, 0.1) is 19.3 Å². The zero-order valence-corrected chi connectivity index (χ0v) is 17.0. The number of esters is 1. The molecule has 29 heavy (non-hydrogen) atoms. The first-order valence-electron chi connectivity index (χ1n) is 9.96. The lowest BCUT2D eigenvalue weighted by molar-refractivity contribution is -0.137. The van der Waals surface area contributed by atoms with Crippen molar-refractivity contribution >= 4 is 11.9 Å². The van der Waals surface area contributed by atoms with Gasteiger partial charge in [0.15, 0.2) is 0 Å². The number of carbonyl (C=O) groups excluding carboxylic acids is 1. The molecule has 3 atom stereocenters. The van der Waals surface area contributed by atoms with E-state index in [0.29, 0.717) is 24.0 Å². The lowest BCUT2D eigenvalue weighted by atomic mass is 9.55. The highest BCUT2D eigenvalue weighted by Gasteiger charge is 2.56. The van der Waals surface area contributed by atoms with Crippen molar-refractivity contribution in [1.29, 1.82) is 0 Å². The number of ether oxygens (including phenoxy) is 3. The van der Waals surface area contributed by atoms with E-state index in [1.165, 1.54) is 0 Å². The molecule has 1 aromatic rings. The molecule has 2 saturated heterocycles. The fourth-order valence-corrected chi connectivity index (χ4v) is 5.23. The summed E-state index contributed by atoms with van der Waals surface area (Å²) in [5.74, 6) is -0.451. The molecule has 2 heterocycles. The summed E-state index contributed by atoms with van der Waals surface area (Å²) >= 11 is 0. The number of carboxylic acid groups (broad SMARTS) is 1. The van der Waals surface area contributed by atoms with Gasteiger partial charge in [-0.1, -0.05) is 0 Å². The Bertz CT molecular complexity index is 876. The van der Waals surface area contributed by atoms with Crippen LogP contribution in [0.5, 0.6) is 11.5 Å². The number of aliphatic carboxylic acids is 1. The predicted octanol–water partition coefficient (Wildman–Crippen LogP) is 2.21. The molecule has 4 rings (SSSR count). The average Bonchev–Trinajstić information content (AvgIpc) is 2.66. The molecule has 7 heteroatoms. The first-order valence-corrected chi connectivity index (χ1v) is 9.96. The summed E-state index contributed by atoms with van der Waals surface area (Å²) in [6, 6.07) is 4.03. The fourth-order valence-electron chi connectivity index (χ4n) is 5.23. The maximum Gasteiger partial charge on any atom is 0.336 e. The van der Waals surface area contributed by atoms with Crippen molar-refractivity contribution < 1.29 is 28.9 Å². The van der Waals surface area contributed by atoms with Crippen molar-refractivity contribution in [2.45, 2.75) is 50.2 Å². The molecule has 0 radical (unpaired) electrons. The van der Waals surface area contributed by atoms with Crippen LogP contribution in [0.4, 0.5) is 0 Å². The van der Waals surface area contributed by atoms with Crippen molar-refractivity contribution in [3.05, 3.63) is 35.4 Å². The monoisotopic (exact) mass is 401 g/mol. The lowest BCUT2D eigenvalue weighted by Crippen LogP contribution is -2.64. The summed E-state index contributed by atoms with van der Waals surface area (Å²) in [7, 11) is 1.58. The topological polar surface area (TPSA) is 94.1 Å². The van der Waals surface area contributed by atoms with Gasteiger partial charge in [0, 0.05) is 35.2 Å². The molecule has 0 aromatic heterocycles. The highest BCUT2D eigenvalue weighted by Crippen LogP contribution is 2.55. The van der Waals surface area contributed by atoms with Gasteiger partial charge in [0.1, 0.15) is 11.5 Å². The quantitative estimate of drug-likeness (QED) is 0.454. The number of fused-ring (bicyclic) bond motifs is 1. The third kappa shape index (κ3) is 3.53. The number of benzene rings is 1. The molecule has 156 valence electrons. The summed E-state index contributed by atoms with van der Waals surface area (Å²) in [6.45, 7) is 5.81. The van der Waals surface area contributed by atoms with Gasteiger partial charge in [-0.2, -0.15) is 0 Å². The molecule has 3 aliphatic rings. The van der Waals surface area contributed by atoms with E-state index in [2.05, 4.69) is 25.2 Å². The molecule has 2 aliphatic heterocycles. The Hall–Kier alpha value is -2.38. The van der Waals surface area contributed by atoms with Crippen LogP contribution in [0.1, 0.15) is 37.8 Å². The minimum Gasteiger partial charge on any atom is -0.497 e. The van der Waals surface area contributed by atoms with Crippen molar-refractivity contribution in [3.63, 3.8) is 0 Å². The number of rotatable bonds is 4. The predicted molar refractivity (Wildman–Crippen MR) is 105 cm³/mol. The summed E-state index contributed by atoms with van der Waals surface area (Å²) in [4.78, 5) is 22.9. The van der Waals surface area contributed by atoms with E-state index in [4.69, 9.17) is 19.3 Å². The van der Waals surface area contributed by atoms with Crippen LogP contribution in [0.25, 0.3) is 0 Å². The van der Waals surface area contributed by atoms with Crippen LogP contribution in [0.3, 0.4) is 0 Å². The zero-order chi connectivity index (χ0) is 20.8. The van der Waals surface area contributed by atoms with Crippen LogP contribution >= 0.6 is 0 Å². The number of carboxylic acids is 1. The average molecular weight is 401 g/mol. The third-order valence-electron chi connectivity index (χ3n) is 6.56. The van der Waals surface area contributed by atoms with Crippen molar-refractivity contribution in [1.82, 2.24) is 5.32 Å². The summed E-state index contributed by atoms with van der Waals surface area (Å²) in [5.41, 5.74) is 1.78. The van der Waals surface area contributed by atoms with Gasteiger partial charge in [0.2, 0.25) is 0 Å². The van der Waals surface area contributed by atoms with Crippen LogP contribution in [-0.4, -0.2) is 48.9 Å². The Morgan fingerprint density at radius 1 is 1.31 bits per heavy atom. The van der Waals surface area contributed by atoms with E-state index in [1.807, 2.05) is 0 Å². The Labute approximate surface area is 170 Å². The maximum atomic E-state index is 12.2. The molecular formula is C22H27NO6. The Morgan fingerprint density at radius 3 is 2.83 bits per heavy atom. The molecule has 7 nitrogen and oxygen atoms in total. The summed E-state index contributed by atoms with van der Waals surface area (Å²) in [6.07, 6.45) is 4.34. The van der Waals surface area contributed by atoms with E-state index < -0.39 is 11.9 Å². The highest BCUT2D eigenvalue weighted by atomic mass is 16.5. The van der Waals surface area contributed by atoms with Gasteiger partial charge in [-0.05, 0) is 57.2 Å². The molecule has 0 amide bonds. The number of carbonyl (C=O) groups is 2. The number of piperidine rings is 1. The van der Waals surface area contributed by atoms with E-state index in [-0.39, 0.29) is 17.1 Å². The lowest BCUT2D eigenvalue weighted by Gasteiger charge is -2.58. The molecule has 1 aliphatic carbocycles. The smallest absolute Gasteiger partial charge is 0.336 e. The maximum absolute atomic E-state index is 12.2. The normalized spacial score (nSPS) is 29.6. The van der Waals surface area contributed by atoms with E-state index in [0.717, 1.165) is 49.1 Å². The SMILES string of the molecule is COc1cc(OC(=O)/C=C/C(=O)O)c2c(c1)[C@]13CCN[C@H](C2)[C@@H]1CC(C)(C)OC3. The second-order valence-corrected chi connectivity index (χ2v) is 8.77. The van der Waals surface area contributed by atoms with E-state index in [1.54, 1.807) is 13.2 Å². The van der Waals surface area contributed by atoms with Crippen LogP contribution in [0, 0.1) is 5.92 Å². The molecule has 1 aromatic carbocycles. The second-order valence-electron chi connectivity index (χ2n) is 8.77. The fraction of sp³-hybridized carbons (Fsp3) is 0.545. The largest absolute Gasteiger partial charge is 0.497 e. The van der Waals surface area contributed by atoms with Gasteiger partial charge >= 0.3 is 11.9 Å². The first-order chi connectivity index (χ1) is 13.7. The van der Waals surface area contributed by atoms with Crippen molar-refractivity contribution in [2.75, 3.05) is 20.3 Å². The van der Waals surface area contributed by atoms with E-state index >= 15 is 0 Å². The van der Waals surface area contributed by atoms with Crippen LogP contribution in [0.15, 0.2) is 24.3 Å². The van der Waals surface area contributed by atoms with Gasteiger partial charge in [-0.15, -0.1) is 0 Å². The molecule has 2 bridgehead atoms. The number of nitrogens with one attached hydrogen (secondary N) is 1. The third-order valence-corrected chi connectivity index (χ3v) is 6.56. The second kappa shape index (κ2) is 7.15. The number of hydrogen-bond acceptors (Lipinski definition) is 6. The summed E-state index contributed by atoms with van der Waals surface area (Å²) in [5, 5.41) is 12.4. The van der Waals surface area contributed by atoms with Crippen molar-refractivity contribution in [2.24, 2.45) is 5.92 Å². The standard InChI is InChI=1S/C22H27NO6/c1-21(2)11-16-17-10-14-15(22(16,12-28-21)6-7-23-17)8-13(27-3)9-18(14)29-20(26)5-4-19(24)25/h4-5,8-9,16-17,23H,6-7,10-12H2,1-3H3,(H,24,25)/b5-4+/t16-,17+,22+/m0/s1. The number of hydrogen-bond donors (Lipinski definition) is 2. The van der Waals surface area contributed by atoms with Gasteiger partial charge < -0.3 is 24.6 Å². The molecule has 2 N–H and O–H groups in total. The first kappa shape index (κ1) is 19.9. The minimum absolute atomic E-state index is 0.147. The Morgan fingerprint density at radius 2 is 2.10 bits per heavy atom. The van der Waals surface area contributed by atoms with Crippen LogP contribution in [0.2, 0.25) is 0 Å². The van der Waals surface area contributed by atoms with Crippen LogP contribution in [-0.2, 0) is 26.2 Å². The molecule has 2 fully saturated rings. The zero-order valence-electron chi connectivity index (χ0n) is 17.0. The van der Waals surface area contributed by atoms with Crippen LogP contribution < -0.4 is 14.8 Å². The van der Waals surface area contributed by atoms with Gasteiger partial charge in [-0.25, -0.2) is 9.59 Å². The van der Waals surface area contributed by atoms with E-state index in [9.17, 15) is 9.59 Å². The highest BCUT2D eigenvalue weighted by molar-refractivity contribution is 5.92. The molecule has 0 unspecified atom stereocenters. The Kier molecular flexibility index (Phi) is 4.91. The molecule has 0 saturated carbocycles. The number of methoxy groups -OCH3 is 1. The van der Waals surface area contributed by atoms with Gasteiger partial charge in [0.25, 0.3) is 0 Å². The molecule has 0 spiro atoms. The van der Waals surface area contributed by atoms with Crippen molar-refractivity contribution in [3.8, 4) is 11.5 Å². The van der Waals surface area contributed by atoms with Gasteiger partial charge in [-0.3, -0.25) is 0 Å². The minimum atomic E-state index is -1.20. The Balaban J connectivity index is 1.78. The molecular weight excluding hydrogens is 374 g/mol.